The van der Waals surface area contributed by atoms with Gasteiger partial charge in [0.2, 0.25) is 0 Å². The summed E-state index contributed by atoms with van der Waals surface area (Å²) in [6.07, 6.45) is 80.0. The van der Waals surface area contributed by atoms with Gasteiger partial charge in [-0.2, -0.15) is 0 Å². The smallest absolute Gasteiger partial charge is 0.0654 e. The number of aryl methyl sites for hydroxylation is 6. The predicted molar refractivity (Wildman–Crippen MR) is 459 cm³/mol. The number of fused-ring (bicyclic) bond motifs is 1. The zero-order valence-electron chi connectivity index (χ0n) is 67.3. The van der Waals surface area contributed by atoms with Crippen molar-refractivity contribution in [1.29, 1.82) is 0 Å². The molecule has 574 valence electrons. The van der Waals surface area contributed by atoms with E-state index >= 15 is 9.59 Å². The fraction of sp³-hybridized carbons (Fsp3) is 0.723. The van der Waals surface area contributed by atoms with Crippen molar-refractivity contribution < 1.29 is 0 Å². The second kappa shape index (κ2) is 56.2. The molecule has 6 rings (SSSR count). The Balaban J connectivity index is 1.32. The van der Waals surface area contributed by atoms with Crippen LogP contribution in [0.5, 0.6) is 0 Å². The Bertz CT molecular complexity index is 3230. The monoisotopic (exact) mass is 1660 g/mol. The van der Waals surface area contributed by atoms with Gasteiger partial charge in [-0.05, 0) is 0 Å². The van der Waals surface area contributed by atoms with E-state index in [9.17, 15) is 0 Å². The van der Waals surface area contributed by atoms with Crippen LogP contribution < -0.4 is 11.1 Å². The molecule has 0 N–H and O–H groups in total. The van der Waals surface area contributed by atoms with Crippen molar-refractivity contribution in [1.82, 2.24) is 9.13 Å². The summed E-state index contributed by atoms with van der Waals surface area (Å²) in [4.78, 5) is 31.5. The molecule has 0 saturated carbocycles. The molecule has 0 spiro atoms. The van der Waals surface area contributed by atoms with Crippen LogP contribution in [0.15, 0.2) is 58.1 Å². The summed E-state index contributed by atoms with van der Waals surface area (Å²) in [6, 6.07) is 18.8. The quantitative estimate of drug-likeness (QED) is 0.0282. The zero-order chi connectivity index (χ0) is 72.5. The molecule has 0 aliphatic heterocycles. The molecule has 0 saturated heterocycles. The van der Waals surface area contributed by atoms with Gasteiger partial charge in [0.1, 0.15) is 0 Å². The molecule has 2 unspecified atom stereocenters. The minimum Gasteiger partial charge on any atom is -0.0654 e. The summed E-state index contributed by atoms with van der Waals surface area (Å²) in [5.41, 5.74) is 7.10. The predicted octanol–water partition coefficient (Wildman–Crippen LogP) is 28.7. The molecule has 102 heavy (non-hydrogen) atoms. The van der Waals surface area contributed by atoms with Crippen molar-refractivity contribution >= 4 is 81.2 Å². The number of aromatic nitrogens is 2. The summed E-state index contributed by atoms with van der Waals surface area (Å²) in [6.45, 7) is 19.9. The fourth-order valence-electron chi connectivity index (χ4n) is 16.2. The Kier molecular flexibility index (Phi) is 48.9. The fourth-order valence-corrected chi connectivity index (χ4v) is 25.1. The molecule has 0 aromatic carbocycles. The number of hydrogen-bond donors (Lipinski definition) is 0. The van der Waals surface area contributed by atoms with Gasteiger partial charge in [-0.15, -0.1) is 0 Å². The average molecular weight is 1660 g/mol. The van der Waals surface area contributed by atoms with Crippen molar-refractivity contribution in [2.45, 2.75) is 428 Å². The third-order valence-electron chi connectivity index (χ3n) is 22.6. The van der Waals surface area contributed by atoms with E-state index in [0.29, 0.717) is 27.6 Å². The van der Waals surface area contributed by atoms with E-state index in [0.717, 1.165) is 66.1 Å². The first-order chi connectivity index (χ1) is 50.1. The first-order valence-electron chi connectivity index (χ1n) is 44.0. The van der Waals surface area contributed by atoms with Gasteiger partial charge in [0.25, 0.3) is 0 Å². The Morgan fingerprint density at radius 3 is 0.961 bits per heavy atom. The summed E-state index contributed by atoms with van der Waals surface area (Å²) in [5, 5.41) is 0. The van der Waals surface area contributed by atoms with E-state index in [1.54, 1.807) is 24.4 Å². The summed E-state index contributed by atoms with van der Waals surface area (Å²) in [5.74, 6) is 1.53. The molecule has 6 aromatic heterocycles. The maximum atomic E-state index is 15.9. The van der Waals surface area contributed by atoms with Crippen LogP contribution in [0, 0.1) is 25.7 Å². The number of rotatable bonds is 65. The van der Waals surface area contributed by atoms with Crippen LogP contribution in [0.2, 0.25) is 0 Å². The zero-order valence-corrected chi connectivity index (χ0v) is 74.1. The molecule has 6 aromatic rings. The van der Waals surface area contributed by atoms with Gasteiger partial charge in [0.15, 0.2) is 0 Å². The minimum absolute atomic E-state index is 0.0182. The second-order valence-electron chi connectivity index (χ2n) is 31.8. The molecule has 6 heterocycles. The van der Waals surface area contributed by atoms with Gasteiger partial charge in [-0.3, -0.25) is 0 Å². The standard InChI is InChI=1S/C94H152N2O2Se4/c1-9-15-21-27-31-35-37-41-45-49-59-79(57-47-43-39-33-29-23-17-11-3)61-53-55-71-95-86-76-84(90-69-70-91(102-90)92-74-82(64-52-26-20-14-6)88(101-92)68-67-87-81(73-78(8)100-87)63-51-25-19-13-5)94(98)96(85(86)75-83(93(95)97)89-66-65-77(7)99-89)72-56-54-62-80(58-48-44-40-34-30-24-18-12-4)60-50-46-42-38-36-32-28-22-16-10-2/h65-70,73-76,79-80H,9-64,71-72H2,1-8H3/b68-67+. The molecule has 0 aliphatic carbocycles. The van der Waals surface area contributed by atoms with E-state index in [2.05, 4.69) is 125 Å². The van der Waals surface area contributed by atoms with E-state index in [-0.39, 0.29) is 54.6 Å². The third-order valence-corrected chi connectivity index (χ3v) is 32.5. The topological polar surface area (TPSA) is 44.0 Å². The molecule has 4 nitrogen and oxygen atoms in total. The van der Waals surface area contributed by atoms with E-state index in [4.69, 9.17) is 0 Å². The van der Waals surface area contributed by atoms with Crippen LogP contribution in [-0.2, 0) is 25.9 Å². The normalized spacial score (nSPS) is 12.6. The molecule has 2 atom stereocenters. The Morgan fingerprint density at radius 1 is 0.294 bits per heavy atom. The molecule has 0 amide bonds. The average Bonchev–Trinajstić information content (AvgIpc) is 1.18. The number of hydrogen-bond acceptors (Lipinski definition) is 2. The van der Waals surface area contributed by atoms with Gasteiger partial charge in [-0.1, -0.05) is 207 Å². The summed E-state index contributed by atoms with van der Waals surface area (Å²) >= 11 is 0.717. The van der Waals surface area contributed by atoms with Gasteiger partial charge in [0.05, 0.1) is 0 Å². The van der Waals surface area contributed by atoms with Crippen molar-refractivity contribution in [3.05, 3.63) is 98.1 Å². The van der Waals surface area contributed by atoms with Crippen molar-refractivity contribution in [2.24, 2.45) is 11.8 Å². The SMILES string of the molecule is CCCCCCCCCCCCC(CCCCCCCCCC)CCCCn1c(=O)c(-c2ccc(C)[se]2)cc2c1cc(-c1ccc(-c3cc(CCCCCC)c(/C=C/c4[se]c(C)cc4CCCCCC)[se]3)[se]1)c(=O)n2CCCCC(CCCCCCCCCC)CCCCCCCCCCCC. The van der Waals surface area contributed by atoms with E-state index in [1.807, 2.05) is 0 Å². The van der Waals surface area contributed by atoms with Gasteiger partial charge < -0.3 is 0 Å². The van der Waals surface area contributed by atoms with Crippen LogP contribution in [0.4, 0.5) is 0 Å². The summed E-state index contributed by atoms with van der Waals surface area (Å²) < 4.78 is 15.8. The van der Waals surface area contributed by atoms with Crippen molar-refractivity contribution in [2.75, 3.05) is 0 Å². The molecule has 8 heteroatoms. The minimum atomic E-state index is -0.0182. The Hall–Kier alpha value is -2.10. The van der Waals surface area contributed by atoms with Crippen LogP contribution in [-0.4, -0.2) is 67.1 Å². The van der Waals surface area contributed by atoms with Gasteiger partial charge >= 0.3 is 450 Å². The van der Waals surface area contributed by atoms with Crippen LogP contribution in [0.25, 0.3) is 52.1 Å². The molecule has 0 radical (unpaired) electrons. The third kappa shape index (κ3) is 34.6. The first kappa shape index (κ1) is 88.8. The Morgan fingerprint density at radius 2 is 0.598 bits per heavy atom. The van der Waals surface area contributed by atoms with Crippen LogP contribution in [0.3, 0.4) is 0 Å². The Labute approximate surface area is 651 Å². The molecular formula is C94H152N2O2Se4. The van der Waals surface area contributed by atoms with Gasteiger partial charge in [0, 0.05) is 0 Å². The van der Waals surface area contributed by atoms with Crippen molar-refractivity contribution in [3.63, 3.8) is 0 Å². The molecule has 0 bridgehead atoms. The van der Waals surface area contributed by atoms with E-state index < -0.39 is 0 Å². The molecule has 0 fully saturated rings. The van der Waals surface area contributed by atoms with Crippen LogP contribution in [0.1, 0.15) is 417 Å². The van der Waals surface area contributed by atoms with Crippen molar-refractivity contribution in [3.8, 4) is 28.9 Å². The first-order valence-corrected chi connectivity index (χ1v) is 50.9. The molecular weight excluding hydrogens is 1500 g/mol. The second-order valence-corrected chi connectivity index (χ2v) is 41.7. The van der Waals surface area contributed by atoms with E-state index in [1.165, 1.54) is 350 Å². The van der Waals surface area contributed by atoms with Gasteiger partial charge in [-0.25, -0.2) is 0 Å². The number of unbranched alkanes of at least 4 members (excludes halogenated alkanes) is 40. The number of nitrogens with zero attached hydrogens (tertiary/aromatic N) is 2. The van der Waals surface area contributed by atoms with Crippen LogP contribution >= 0.6 is 0 Å². The maximum absolute atomic E-state index is 15.9. The summed E-state index contributed by atoms with van der Waals surface area (Å²) in [7, 11) is 0. The number of pyridine rings is 2. The molecule has 0 aliphatic rings.